The van der Waals surface area contributed by atoms with E-state index < -0.39 is 17.2 Å². The highest BCUT2D eigenvalue weighted by Crippen LogP contribution is 2.39. The summed E-state index contributed by atoms with van der Waals surface area (Å²) in [6, 6.07) is 9.55. The number of amides is 1. The van der Waals surface area contributed by atoms with Gasteiger partial charge in [-0.1, -0.05) is 24.3 Å². The third kappa shape index (κ3) is 4.90. The summed E-state index contributed by atoms with van der Waals surface area (Å²) in [5.41, 5.74) is 1.89. The molecule has 37 heavy (non-hydrogen) atoms. The molecular weight excluding hydrogens is 498 g/mol. The second kappa shape index (κ2) is 10.2. The quantitative estimate of drug-likeness (QED) is 0.194. The van der Waals surface area contributed by atoms with Crippen LogP contribution in [0.4, 0.5) is 17.3 Å². The van der Waals surface area contributed by atoms with Gasteiger partial charge < -0.3 is 39.8 Å². The van der Waals surface area contributed by atoms with Gasteiger partial charge in [-0.3, -0.25) is 4.79 Å². The number of rotatable bonds is 8. The lowest BCUT2D eigenvalue weighted by Crippen LogP contribution is -2.37. The van der Waals surface area contributed by atoms with Crippen LogP contribution in [0.25, 0.3) is 0 Å². The largest absolute Gasteiger partial charge is 0.546 e. The number of hydrogen-bond donors (Lipinski definition) is 4. The number of phenols is 1. The standard InChI is InChI=1S/C25H27N5O6S/c1-14(2)21(15-8-9-19-20(11-15)36-13-35-19)27-24-23(28-37(34)29-24)26-18-7-3-6-17(22(18)32)25(33)30-10-4-5-16(30)12-31/h3,6-9,11,16,21,31-32H,1,4-5,10,12-13H2,2H3,(H,26,28)(H,27,29)/t16-,21?,37?/m0/s1. The number of aliphatic hydroxyl groups is 1. The first-order valence-corrected chi connectivity index (χ1v) is 12.8. The lowest BCUT2D eigenvalue weighted by atomic mass is 10.0. The number of carbonyl (C=O) groups excluding carboxylic acids is 1. The number of hydrogen-bond acceptors (Lipinski definition) is 10. The summed E-state index contributed by atoms with van der Waals surface area (Å²) in [6.45, 7) is 6.44. The number of likely N-dealkylation sites (tertiary alicyclic amines) is 1. The minimum absolute atomic E-state index is 0.0942. The van der Waals surface area contributed by atoms with E-state index in [1.807, 2.05) is 19.1 Å². The number of aromatic hydroxyl groups is 1. The van der Waals surface area contributed by atoms with Gasteiger partial charge in [0.2, 0.25) is 18.4 Å². The summed E-state index contributed by atoms with van der Waals surface area (Å²) >= 11 is -1.88. The zero-order chi connectivity index (χ0) is 26.1. The first-order valence-electron chi connectivity index (χ1n) is 11.8. The fraction of sp³-hybridized carbons (Fsp3) is 0.320. The first-order chi connectivity index (χ1) is 17.9. The van der Waals surface area contributed by atoms with E-state index in [1.165, 1.54) is 6.07 Å². The Labute approximate surface area is 216 Å². The van der Waals surface area contributed by atoms with Crippen molar-refractivity contribution in [3.63, 3.8) is 0 Å². The van der Waals surface area contributed by atoms with Crippen LogP contribution < -0.4 is 20.1 Å². The number of ether oxygens (including phenoxy) is 2. The fourth-order valence-corrected chi connectivity index (χ4v) is 5.18. The summed E-state index contributed by atoms with van der Waals surface area (Å²) in [5.74, 6) is 0.966. The predicted octanol–water partition coefficient (Wildman–Crippen LogP) is 3.71. The molecule has 2 aliphatic rings. The van der Waals surface area contributed by atoms with Crippen molar-refractivity contribution in [2.45, 2.75) is 31.8 Å². The Kier molecular flexibility index (Phi) is 6.87. The van der Waals surface area contributed by atoms with Crippen molar-refractivity contribution in [3.05, 3.63) is 59.7 Å². The van der Waals surface area contributed by atoms with E-state index in [4.69, 9.17) is 9.47 Å². The maximum absolute atomic E-state index is 13.1. The van der Waals surface area contributed by atoms with E-state index in [9.17, 15) is 19.6 Å². The Morgan fingerprint density at radius 1 is 1.27 bits per heavy atom. The van der Waals surface area contributed by atoms with Crippen molar-refractivity contribution in [2.75, 3.05) is 30.6 Å². The Morgan fingerprint density at radius 2 is 2.05 bits per heavy atom. The van der Waals surface area contributed by atoms with Gasteiger partial charge in [0.25, 0.3) is 5.91 Å². The highest BCUT2D eigenvalue weighted by Gasteiger charge is 2.31. The molecule has 1 amide bonds. The number of aromatic nitrogens is 2. The smallest absolute Gasteiger partial charge is 0.258 e. The maximum atomic E-state index is 13.1. The zero-order valence-electron chi connectivity index (χ0n) is 20.1. The van der Waals surface area contributed by atoms with Crippen LogP contribution in [0.3, 0.4) is 0 Å². The number of benzene rings is 2. The second-order valence-electron chi connectivity index (χ2n) is 8.95. The van der Waals surface area contributed by atoms with Crippen LogP contribution in [0.15, 0.2) is 48.6 Å². The topological polar surface area (TPSA) is 152 Å². The Hall–Kier alpha value is -3.87. The second-order valence-corrected chi connectivity index (χ2v) is 9.78. The minimum Gasteiger partial charge on any atom is -0.546 e. The number of para-hydroxylation sites is 1. The van der Waals surface area contributed by atoms with Crippen LogP contribution in [-0.2, 0) is 0 Å². The van der Waals surface area contributed by atoms with Gasteiger partial charge >= 0.3 is 0 Å². The predicted molar refractivity (Wildman–Crippen MR) is 137 cm³/mol. The molecule has 0 spiro atoms. The first kappa shape index (κ1) is 24.8. The van der Waals surface area contributed by atoms with Crippen molar-refractivity contribution in [2.24, 2.45) is 0 Å². The van der Waals surface area contributed by atoms with E-state index in [0.717, 1.165) is 17.6 Å². The summed E-state index contributed by atoms with van der Waals surface area (Å²) in [6.07, 6.45) is 1.50. The summed E-state index contributed by atoms with van der Waals surface area (Å²) in [7, 11) is 0. The normalized spacial score (nSPS) is 17.5. The van der Waals surface area contributed by atoms with Crippen LogP contribution in [0.2, 0.25) is 0 Å². The fourth-order valence-electron chi connectivity index (χ4n) is 4.55. The van der Waals surface area contributed by atoms with Gasteiger partial charge in [0.05, 0.1) is 29.9 Å². The summed E-state index contributed by atoms with van der Waals surface area (Å²) in [5, 5.41) is 26.7. The van der Waals surface area contributed by atoms with Crippen molar-refractivity contribution in [1.82, 2.24) is 13.6 Å². The molecule has 194 valence electrons. The molecule has 11 nitrogen and oxygen atoms in total. The van der Waals surface area contributed by atoms with E-state index in [-0.39, 0.29) is 54.0 Å². The number of phenolic OH excluding ortho intramolecular Hbond substituents is 1. The van der Waals surface area contributed by atoms with Gasteiger partial charge in [-0.2, -0.15) is 0 Å². The lowest BCUT2D eigenvalue weighted by Gasteiger charge is -2.24. The lowest BCUT2D eigenvalue weighted by molar-refractivity contribution is 0.0674. The average Bonchev–Trinajstić information content (AvgIpc) is 3.62. The number of anilines is 3. The third-order valence-corrected chi connectivity index (χ3v) is 7.11. The molecule has 1 aromatic heterocycles. The van der Waals surface area contributed by atoms with Crippen molar-refractivity contribution in [1.29, 1.82) is 0 Å². The van der Waals surface area contributed by atoms with Crippen LogP contribution in [-0.4, -0.2) is 60.3 Å². The average molecular weight is 526 g/mol. The third-order valence-electron chi connectivity index (χ3n) is 6.44. The molecule has 1 fully saturated rings. The molecule has 3 atom stereocenters. The van der Waals surface area contributed by atoms with E-state index in [1.54, 1.807) is 23.1 Å². The SMILES string of the molecule is C=C(C)C(Nc1n[s+]([O-])nc1Nc1cccc(C(=O)N2CCC[C@H]2CO)c1O)c1ccc2c(c1)OCO2. The Morgan fingerprint density at radius 3 is 2.84 bits per heavy atom. The van der Waals surface area contributed by atoms with Crippen molar-refractivity contribution in [3.8, 4) is 17.2 Å². The van der Waals surface area contributed by atoms with Gasteiger partial charge in [0.15, 0.2) is 28.4 Å². The van der Waals surface area contributed by atoms with Gasteiger partial charge in [0, 0.05) is 15.3 Å². The number of nitrogens with zero attached hydrogens (tertiary/aromatic N) is 3. The van der Waals surface area contributed by atoms with Crippen LogP contribution in [0, 0.1) is 0 Å². The Bertz CT molecular complexity index is 1350. The molecule has 5 rings (SSSR count). The van der Waals surface area contributed by atoms with E-state index >= 15 is 0 Å². The Balaban J connectivity index is 1.40. The molecule has 1 saturated heterocycles. The molecule has 0 bridgehead atoms. The highest BCUT2D eigenvalue weighted by atomic mass is 32.2. The summed E-state index contributed by atoms with van der Waals surface area (Å²) in [4.78, 5) is 14.7. The van der Waals surface area contributed by atoms with E-state index in [0.29, 0.717) is 24.5 Å². The molecule has 3 heterocycles. The molecular formula is C25H27N5O6S. The number of aliphatic hydroxyl groups excluding tert-OH is 1. The number of fused-ring (bicyclic) bond motifs is 1. The monoisotopic (exact) mass is 525 g/mol. The van der Waals surface area contributed by atoms with Crippen molar-refractivity contribution < 1.29 is 29.0 Å². The van der Waals surface area contributed by atoms with Gasteiger partial charge in [0.1, 0.15) is 0 Å². The molecule has 3 aromatic rings. The molecule has 0 saturated carbocycles. The van der Waals surface area contributed by atoms with Gasteiger partial charge in [-0.05, 0) is 49.6 Å². The van der Waals surface area contributed by atoms with Gasteiger partial charge in [-0.15, -0.1) is 0 Å². The number of carbonyl (C=O) groups is 1. The van der Waals surface area contributed by atoms with Crippen LogP contribution in [0.5, 0.6) is 17.2 Å². The zero-order valence-corrected chi connectivity index (χ0v) is 21.0. The minimum atomic E-state index is -1.88. The molecule has 0 radical (unpaired) electrons. The number of nitrogens with one attached hydrogen (secondary N) is 2. The maximum Gasteiger partial charge on any atom is 0.258 e. The molecule has 0 aliphatic carbocycles. The molecule has 12 heteroatoms. The van der Waals surface area contributed by atoms with Gasteiger partial charge in [-0.25, -0.2) is 0 Å². The molecule has 2 aliphatic heterocycles. The van der Waals surface area contributed by atoms with Crippen molar-refractivity contribution >= 4 is 34.4 Å². The van der Waals surface area contributed by atoms with Crippen LogP contribution in [0.1, 0.15) is 41.7 Å². The molecule has 2 aromatic carbocycles. The summed E-state index contributed by atoms with van der Waals surface area (Å²) < 4.78 is 31.3. The van der Waals surface area contributed by atoms with E-state index in [2.05, 4.69) is 26.0 Å². The molecule has 2 unspecified atom stereocenters. The molecule has 4 N–H and O–H groups in total. The van der Waals surface area contributed by atoms with Crippen LogP contribution >= 0.6 is 11.1 Å². The highest BCUT2D eigenvalue weighted by molar-refractivity contribution is 7.14.